The maximum Gasteiger partial charge on any atom is 0.279 e. The van der Waals surface area contributed by atoms with Crippen molar-refractivity contribution in [2.45, 2.75) is 19.3 Å². The van der Waals surface area contributed by atoms with Crippen molar-refractivity contribution in [3.05, 3.63) is 71.8 Å². The number of amides is 2. The van der Waals surface area contributed by atoms with Crippen LogP contribution in [0.2, 0.25) is 0 Å². The smallest absolute Gasteiger partial charge is 0.279 e. The third-order valence-electron chi connectivity index (χ3n) is 3.39. The van der Waals surface area contributed by atoms with Gasteiger partial charge in [0.25, 0.3) is 5.91 Å². The quantitative estimate of drug-likeness (QED) is 0.645. The number of hydrogen-bond donors (Lipinski definition) is 2. The van der Waals surface area contributed by atoms with Crippen molar-refractivity contribution in [3.63, 3.8) is 0 Å². The third-order valence-corrected chi connectivity index (χ3v) is 3.49. The largest absolute Gasteiger partial charge is 0.375 e. The average Bonchev–Trinajstić information content (AvgIpc) is 2.60. The first kappa shape index (κ1) is 17.6. The molecule has 2 aromatic carbocycles. The standard InChI is InChI=1S/C18H19N3O2S/c19-18(24)20-21(17(23)15-11-5-2-6-12-15)16(22)13-7-10-14-8-3-1-4-9-14/h1-6,8-9,11-12H,7,10,13H2,(H3,19,20,24). The number of hydrogen-bond acceptors (Lipinski definition) is 3. The summed E-state index contributed by atoms with van der Waals surface area (Å²) in [5.74, 6) is -0.847. The number of nitrogens with one attached hydrogen (secondary N) is 1. The summed E-state index contributed by atoms with van der Waals surface area (Å²) in [4.78, 5) is 24.9. The monoisotopic (exact) mass is 341 g/mol. The molecule has 2 amide bonds. The molecule has 0 aliphatic heterocycles. The summed E-state index contributed by atoms with van der Waals surface area (Å²) in [6.07, 6.45) is 1.59. The lowest BCUT2D eigenvalue weighted by atomic mass is 10.1. The predicted molar refractivity (Wildman–Crippen MR) is 96.9 cm³/mol. The molecule has 6 heteroatoms. The lowest BCUT2D eigenvalue weighted by Gasteiger charge is -2.21. The Morgan fingerprint density at radius 3 is 2.17 bits per heavy atom. The minimum absolute atomic E-state index is 0.129. The highest BCUT2D eigenvalue weighted by Crippen LogP contribution is 2.08. The molecule has 0 spiro atoms. The number of benzene rings is 2. The highest BCUT2D eigenvalue weighted by atomic mass is 32.1. The van der Waals surface area contributed by atoms with Gasteiger partial charge >= 0.3 is 0 Å². The Labute approximate surface area is 146 Å². The maximum absolute atomic E-state index is 12.5. The number of imide groups is 1. The fourth-order valence-corrected chi connectivity index (χ4v) is 2.34. The lowest BCUT2D eigenvalue weighted by Crippen LogP contribution is -2.51. The molecule has 3 N–H and O–H groups in total. The Morgan fingerprint density at radius 1 is 1.00 bits per heavy atom. The topological polar surface area (TPSA) is 75.4 Å². The molecule has 0 aliphatic carbocycles. The molecule has 0 saturated heterocycles. The lowest BCUT2D eigenvalue weighted by molar-refractivity contribution is -0.130. The van der Waals surface area contributed by atoms with Crippen molar-refractivity contribution in [2.75, 3.05) is 0 Å². The molecule has 0 heterocycles. The van der Waals surface area contributed by atoms with Gasteiger partial charge in [0, 0.05) is 12.0 Å². The van der Waals surface area contributed by atoms with Gasteiger partial charge in [-0.3, -0.25) is 15.0 Å². The van der Waals surface area contributed by atoms with Gasteiger partial charge in [0.2, 0.25) is 5.91 Å². The SMILES string of the molecule is NC(=S)NN(C(=O)CCCc1ccccc1)C(=O)c1ccccc1. The van der Waals surface area contributed by atoms with Crippen LogP contribution >= 0.6 is 12.2 Å². The number of nitrogens with zero attached hydrogens (tertiary/aromatic N) is 1. The number of rotatable bonds is 5. The van der Waals surface area contributed by atoms with Gasteiger partial charge in [0.15, 0.2) is 5.11 Å². The summed E-state index contributed by atoms with van der Waals surface area (Å²) in [6, 6.07) is 18.4. The van der Waals surface area contributed by atoms with Crippen LogP contribution in [0.4, 0.5) is 0 Å². The van der Waals surface area contributed by atoms with Crippen molar-refractivity contribution in [1.82, 2.24) is 10.4 Å². The van der Waals surface area contributed by atoms with Gasteiger partial charge in [-0.05, 0) is 42.8 Å². The third kappa shape index (κ3) is 5.17. The average molecular weight is 341 g/mol. The van der Waals surface area contributed by atoms with E-state index in [1.54, 1.807) is 30.3 Å². The van der Waals surface area contributed by atoms with Crippen molar-refractivity contribution in [3.8, 4) is 0 Å². The molecule has 24 heavy (non-hydrogen) atoms. The molecule has 0 radical (unpaired) electrons. The fraction of sp³-hybridized carbons (Fsp3) is 0.167. The molecule has 0 atom stereocenters. The number of carbonyl (C=O) groups is 2. The molecule has 0 fully saturated rings. The Bertz CT molecular complexity index is 705. The van der Waals surface area contributed by atoms with Gasteiger partial charge in [-0.15, -0.1) is 0 Å². The van der Waals surface area contributed by atoms with Crippen LogP contribution in [0.1, 0.15) is 28.8 Å². The van der Waals surface area contributed by atoms with E-state index in [2.05, 4.69) is 5.43 Å². The van der Waals surface area contributed by atoms with Crippen LogP contribution in [-0.4, -0.2) is 21.9 Å². The Morgan fingerprint density at radius 2 is 1.58 bits per heavy atom. The first-order valence-corrected chi connectivity index (χ1v) is 8.01. The number of thiocarbonyl (C=S) groups is 1. The van der Waals surface area contributed by atoms with Gasteiger partial charge in [-0.25, -0.2) is 0 Å². The molecular formula is C18H19N3O2S. The normalized spacial score (nSPS) is 10.0. The van der Waals surface area contributed by atoms with E-state index in [4.69, 9.17) is 18.0 Å². The molecule has 0 bridgehead atoms. The second-order valence-electron chi connectivity index (χ2n) is 5.22. The van der Waals surface area contributed by atoms with Crippen LogP contribution in [0.3, 0.4) is 0 Å². The van der Waals surface area contributed by atoms with E-state index < -0.39 is 5.91 Å². The van der Waals surface area contributed by atoms with E-state index in [1.165, 1.54) is 0 Å². The number of nitrogens with two attached hydrogens (primary N) is 1. The second kappa shape index (κ2) is 8.79. The Hall–Kier alpha value is -2.73. The summed E-state index contributed by atoms with van der Waals surface area (Å²) in [7, 11) is 0. The molecule has 5 nitrogen and oxygen atoms in total. The van der Waals surface area contributed by atoms with Gasteiger partial charge in [-0.2, -0.15) is 5.01 Å². The second-order valence-corrected chi connectivity index (χ2v) is 5.66. The molecule has 0 aromatic heterocycles. The molecule has 0 unspecified atom stereocenters. The summed E-state index contributed by atoms with van der Waals surface area (Å²) in [6.45, 7) is 0. The van der Waals surface area contributed by atoms with Crippen molar-refractivity contribution < 1.29 is 9.59 Å². The fourth-order valence-electron chi connectivity index (χ4n) is 2.25. The summed E-state index contributed by atoms with van der Waals surface area (Å²) in [5, 5.41) is 0.763. The first-order chi connectivity index (χ1) is 11.6. The maximum atomic E-state index is 12.5. The van der Waals surface area contributed by atoms with E-state index in [0.29, 0.717) is 12.0 Å². The van der Waals surface area contributed by atoms with E-state index in [-0.39, 0.29) is 17.4 Å². The van der Waals surface area contributed by atoms with Crippen LogP contribution < -0.4 is 11.2 Å². The predicted octanol–water partition coefficient (Wildman–Crippen LogP) is 2.43. The van der Waals surface area contributed by atoms with Crippen molar-refractivity contribution in [2.24, 2.45) is 5.73 Å². The van der Waals surface area contributed by atoms with Crippen LogP contribution in [0.5, 0.6) is 0 Å². The number of hydrazine groups is 1. The number of aryl methyl sites for hydroxylation is 1. The van der Waals surface area contributed by atoms with Gasteiger partial charge in [-0.1, -0.05) is 48.5 Å². The van der Waals surface area contributed by atoms with E-state index in [1.807, 2.05) is 30.3 Å². The minimum atomic E-state index is -0.479. The Balaban J connectivity index is 2.00. The van der Waals surface area contributed by atoms with Crippen LogP contribution in [-0.2, 0) is 11.2 Å². The summed E-state index contributed by atoms with van der Waals surface area (Å²) < 4.78 is 0. The zero-order valence-corrected chi connectivity index (χ0v) is 14.0. The van der Waals surface area contributed by atoms with E-state index in [0.717, 1.165) is 17.0 Å². The summed E-state index contributed by atoms with van der Waals surface area (Å²) >= 11 is 4.77. The van der Waals surface area contributed by atoms with E-state index in [9.17, 15) is 9.59 Å². The van der Waals surface area contributed by atoms with Gasteiger partial charge in [0.05, 0.1) is 0 Å². The van der Waals surface area contributed by atoms with Gasteiger partial charge in [0.1, 0.15) is 0 Å². The zero-order chi connectivity index (χ0) is 17.4. The van der Waals surface area contributed by atoms with Crippen LogP contribution in [0, 0.1) is 0 Å². The van der Waals surface area contributed by atoms with Crippen molar-refractivity contribution >= 4 is 29.1 Å². The molecule has 2 aromatic rings. The molecular weight excluding hydrogens is 322 g/mol. The van der Waals surface area contributed by atoms with Crippen LogP contribution in [0.15, 0.2) is 60.7 Å². The Kier molecular flexibility index (Phi) is 6.45. The van der Waals surface area contributed by atoms with E-state index >= 15 is 0 Å². The highest BCUT2D eigenvalue weighted by Gasteiger charge is 2.23. The molecule has 2 rings (SSSR count). The number of carbonyl (C=O) groups excluding carboxylic acids is 2. The van der Waals surface area contributed by atoms with Crippen LogP contribution in [0.25, 0.3) is 0 Å². The first-order valence-electron chi connectivity index (χ1n) is 7.60. The van der Waals surface area contributed by atoms with Gasteiger partial charge < -0.3 is 5.73 Å². The van der Waals surface area contributed by atoms with Crippen molar-refractivity contribution in [1.29, 1.82) is 0 Å². The zero-order valence-electron chi connectivity index (χ0n) is 13.1. The molecule has 124 valence electrons. The highest BCUT2D eigenvalue weighted by molar-refractivity contribution is 7.80. The summed E-state index contributed by atoms with van der Waals surface area (Å²) in [5.41, 5.74) is 9.44. The molecule has 0 saturated carbocycles. The minimum Gasteiger partial charge on any atom is -0.375 e. The molecule has 0 aliphatic rings.